The van der Waals surface area contributed by atoms with Gasteiger partial charge in [0.25, 0.3) is 0 Å². The van der Waals surface area contributed by atoms with Crippen LogP contribution in [-0.4, -0.2) is 41.9 Å². The second-order valence-electron chi connectivity index (χ2n) is 5.86. The van der Waals surface area contributed by atoms with Crippen LogP contribution in [-0.2, 0) is 19.4 Å². The monoisotopic (exact) mass is 303 g/mol. The molecule has 2 saturated carbocycles. The molecule has 1 amide bonds. The highest BCUT2D eigenvalue weighted by molar-refractivity contribution is 7.92. The van der Waals surface area contributed by atoms with E-state index in [0.717, 1.165) is 25.7 Å². The van der Waals surface area contributed by atoms with Crippen LogP contribution in [0.5, 0.6) is 0 Å². The van der Waals surface area contributed by atoms with Gasteiger partial charge in [0.2, 0.25) is 5.91 Å². The van der Waals surface area contributed by atoms with Gasteiger partial charge in [-0.05, 0) is 25.7 Å². The number of hydrogen-bond donors (Lipinski definition) is 2. The van der Waals surface area contributed by atoms with Gasteiger partial charge in [-0.15, -0.1) is 0 Å². The third-order valence-electron chi connectivity index (χ3n) is 4.39. The van der Waals surface area contributed by atoms with E-state index in [-0.39, 0.29) is 0 Å². The number of amides is 1. The zero-order valence-corrected chi connectivity index (χ0v) is 12.2. The molecule has 0 aromatic heterocycles. The fraction of sp³-hybridized carbons (Fsp3) is 0.846. The zero-order valence-electron chi connectivity index (χ0n) is 11.4. The SMILES string of the molecule is O=C(CS(=O)(=O)C1CCCC1)NC1(C(=O)O)CCCC1. The molecule has 0 aliphatic heterocycles. The van der Waals surface area contributed by atoms with Gasteiger partial charge in [-0.25, -0.2) is 13.2 Å². The fourth-order valence-corrected chi connectivity index (χ4v) is 4.95. The Morgan fingerprint density at radius 1 is 1.10 bits per heavy atom. The Morgan fingerprint density at radius 2 is 1.65 bits per heavy atom. The minimum Gasteiger partial charge on any atom is -0.480 e. The van der Waals surface area contributed by atoms with Crippen molar-refractivity contribution in [3.05, 3.63) is 0 Å². The lowest BCUT2D eigenvalue weighted by atomic mass is 9.98. The van der Waals surface area contributed by atoms with E-state index in [1.807, 2.05) is 0 Å². The number of aliphatic carboxylic acids is 1. The van der Waals surface area contributed by atoms with Crippen LogP contribution in [0.1, 0.15) is 51.4 Å². The quantitative estimate of drug-likeness (QED) is 0.784. The third kappa shape index (κ3) is 3.13. The minimum absolute atomic E-state index is 0.373. The number of carboxylic acid groups (broad SMARTS) is 1. The molecule has 2 aliphatic carbocycles. The van der Waals surface area contributed by atoms with E-state index in [2.05, 4.69) is 5.32 Å². The van der Waals surface area contributed by atoms with Crippen LogP contribution in [0.3, 0.4) is 0 Å². The summed E-state index contributed by atoms with van der Waals surface area (Å²) in [6.07, 6.45) is 5.20. The first-order valence-corrected chi connectivity index (χ1v) is 8.83. The lowest BCUT2D eigenvalue weighted by Crippen LogP contribution is -2.54. The molecule has 0 atom stereocenters. The summed E-state index contributed by atoms with van der Waals surface area (Å²) in [6.45, 7) is 0. The molecule has 0 spiro atoms. The Kier molecular flexibility index (Phi) is 4.36. The average Bonchev–Trinajstić information content (AvgIpc) is 2.98. The maximum atomic E-state index is 12.1. The van der Waals surface area contributed by atoms with Crippen molar-refractivity contribution in [1.29, 1.82) is 0 Å². The predicted octanol–water partition coefficient (Wildman–Crippen LogP) is 0.857. The van der Waals surface area contributed by atoms with Gasteiger partial charge in [-0.2, -0.15) is 0 Å². The zero-order chi connectivity index (χ0) is 14.8. The van der Waals surface area contributed by atoms with Crippen LogP contribution in [0.25, 0.3) is 0 Å². The summed E-state index contributed by atoms with van der Waals surface area (Å²) in [6, 6.07) is 0. The molecular formula is C13H21NO5S. The second kappa shape index (κ2) is 5.71. The smallest absolute Gasteiger partial charge is 0.329 e. The lowest BCUT2D eigenvalue weighted by molar-refractivity contribution is -0.147. The molecule has 7 heteroatoms. The summed E-state index contributed by atoms with van der Waals surface area (Å²) >= 11 is 0. The molecule has 0 heterocycles. The first-order chi connectivity index (χ1) is 9.36. The molecule has 114 valence electrons. The van der Waals surface area contributed by atoms with Crippen LogP contribution in [0.4, 0.5) is 0 Å². The summed E-state index contributed by atoms with van der Waals surface area (Å²) in [5.41, 5.74) is -1.26. The van der Waals surface area contributed by atoms with Crippen molar-refractivity contribution in [3.8, 4) is 0 Å². The first kappa shape index (κ1) is 15.3. The fourth-order valence-electron chi connectivity index (χ4n) is 3.22. The summed E-state index contributed by atoms with van der Waals surface area (Å²) < 4.78 is 24.2. The van der Waals surface area contributed by atoms with Gasteiger partial charge >= 0.3 is 5.97 Å². The van der Waals surface area contributed by atoms with Crippen LogP contribution >= 0.6 is 0 Å². The number of carbonyl (C=O) groups is 2. The molecule has 0 aromatic carbocycles. The van der Waals surface area contributed by atoms with Gasteiger partial charge in [-0.1, -0.05) is 25.7 Å². The maximum Gasteiger partial charge on any atom is 0.329 e. The van der Waals surface area contributed by atoms with Crippen molar-refractivity contribution in [2.24, 2.45) is 0 Å². The van der Waals surface area contributed by atoms with E-state index in [1.165, 1.54) is 0 Å². The Balaban J connectivity index is 1.99. The van der Waals surface area contributed by atoms with Gasteiger partial charge in [-0.3, -0.25) is 4.79 Å². The van der Waals surface area contributed by atoms with Crippen molar-refractivity contribution in [3.63, 3.8) is 0 Å². The number of carboxylic acids is 1. The molecule has 0 aromatic rings. The molecule has 0 radical (unpaired) electrons. The highest BCUT2D eigenvalue weighted by Crippen LogP contribution is 2.30. The van der Waals surface area contributed by atoms with Crippen molar-refractivity contribution < 1.29 is 23.1 Å². The Morgan fingerprint density at radius 3 is 2.15 bits per heavy atom. The van der Waals surface area contributed by atoms with Crippen molar-refractivity contribution in [2.75, 3.05) is 5.75 Å². The largest absolute Gasteiger partial charge is 0.480 e. The molecule has 6 nitrogen and oxygen atoms in total. The summed E-state index contributed by atoms with van der Waals surface area (Å²) in [7, 11) is -3.46. The van der Waals surface area contributed by atoms with E-state index < -0.39 is 38.3 Å². The molecule has 2 aliphatic rings. The van der Waals surface area contributed by atoms with E-state index in [1.54, 1.807) is 0 Å². The third-order valence-corrected chi connectivity index (χ3v) is 6.54. The average molecular weight is 303 g/mol. The highest BCUT2D eigenvalue weighted by Gasteiger charge is 2.43. The Bertz CT molecular complexity index is 487. The normalized spacial score (nSPS) is 22.8. The first-order valence-electron chi connectivity index (χ1n) is 7.12. The topological polar surface area (TPSA) is 101 Å². The molecular weight excluding hydrogens is 282 g/mol. The molecule has 2 rings (SSSR count). The van der Waals surface area contributed by atoms with E-state index in [9.17, 15) is 23.1 Å². The predicted molar refractivity (Wildman–Crippen MR) is 73.0 cm³/mol. The van der Waals surface area contributed by atoms with E-state index >= 15 is 0 Å². The van der Waals surface area contributed by atoms with Crippen LogP contribution in [0, 0.1) is 0 Å². The van der Waals surface area contributed by atoms with Gasteiger partial charge in [0.15, 0.2) is 9.84 Å². The number of sulfone groups is 1. The molecule has 0 saturated heterocycles. The standard InChI is InChI=1S/C13H21NO5S/c15-11(9-20(18,19)10-5-1-2-6-10)14-13(12(16)17)7-3-4-8-13/h10H,1-9H2,(H,14,15)(H,16,17). The van der Waals surface area contributed by atoms with Crippen LogP contribution in [0.15, 0.2) is 0 Å². The lowest BCUT2D eigenvalue weighted by Gasteiger charge is -2.25. The molecule has 2 fully saturated rings. The molecule has 20 heavy (non-hydrogen) atoms. The molecule has 0 unspecified atom stereocenters. The molecule has 0 bridgehead atoms. The van der Waals surface area contributed by atoms with Gasteiger partial charge < -0.3 is 10.4 Å². The molecule has 2 N–H and O–H groups in total. The van der Waals surface area contributed by atoms with Crippen molar-refractivity contribution in [2.45, 2.75) is 62.2 Å². The van der Waals surface area contributed by atoms with E-state index in [0.29, 0.717) is 25.7 Å². The van der Waals surface area contributed by atoms with Gasteiger partial charge in [0.1, 0.15) is 11.3 Å². The van der Waals surface area contributed by atoms with Crippen LogP contribution in [0.2, 0.25) is 0 Å². The Labute approximate surface area is 118 Å². The summed E-state index contributed by atoms with van der Waals surface area (Å²) in [4.78, 5) is 23.2. The number of nitrogens with one attached hydrogen (secondary N) is 1. The summed E-state index contributed by atoms with van der Waals surface area (Å²) in [5, 5.41) is 11.3. The summed E-state index contributed by atoms with van der Waals surface area (Å²) in [5.74, 6) is -2.34. The van der Waals surface area contributed by atoms with Gasteiger partial charge in [0, 0.05) is 0 Å². The number of hydrogen-bond acceptors (Lipinski definition) is 4. The number of carbonyl (C=O) groups excluding carboxylic acids is 1. The van der Waals surface area contributed by atoms with Crippen molar-refractivity contribution >= 4 is 21.7 Å². The van der Waals surface area contributed by atoms with Crippen molar-refractivity contribution in [1.82, 2.24) is 5.32 Å². The minimum atomic E-state index is -3.46. The van der Waals surface area contributed by atoms with Gasteiger partial charge in [0.05, 0.1) is 5.25 Å². The Hall–Kier alpha value is -1.11. The highest BCUT2D eigenvalue weighted by atomic mass is 32.2. The van der Waals surface area contributed by atoms with Crippen LogP contribution < -0.4 is 5.32 Å². The second-order valence-corrected chi connectivity index (χ2v) is 8.14. The van der Waals surface area contributed by atoms with E-state index in [4.69, 9.17) is 0 Å². The number of rotatable bonds is 5. The maximum absolute atomic E-state index is 12.1.